The van der Waals surface area contributed by atoms with Crippen molar-refractivity contribution in [3.63, 3.8) is 0 Å². The predicted octanol–water partition coefficient (Wildman–Crippen LogP) is 1.94. The third kappa shape index (κ3) is 3.74. The van der Waals surface area contributed by atoms with Gasteiger partial charge in [-0.2, -0.15) is 0 Å². The number of fused-ring (bicyclic) bond motifs is 1. The Morgan fingerprint density at radius 2 is 2.00 bits per heavy atom. The van der Waals surface area contributed by atoms with Gasteiger partial charge in [-0.05, 0) is 0 Å². The number of aromatic nitrogens is 2. The molecule has 5 nitrogen and oxygen atoms in total. The SMILES string of the molecule is CS(=O)(=O)[AsH]CCn1c(=O)c(-c2cccs2)nc2ccccc21. The van der Waals surface area contributed by atoms with Gasteiger partial charge < -0.3 is 0 Å². The van der Waals surface area contributed by atoms with E-state index < -0.39 is 22.7 Å². The van der Waals surface area contributed by atoms with Gasteiger partial charge in [0.15, 0.2) is 0 Å². The van der Waals surface area contributed by atoms with Gasteiger partial charge in [-0.3, -0.25) is 0 Å². The molecule has 0 fully saturated rings. The van der Waals surface area contributed by atoms with Crippen LogP contribution in [-0.2, 0) is 14.6 Å². The quantitative estimate of drug-likeness (QED) is 0.603. The summed E-state index contributed by atoms with van der Waals surface area (Å²) in [6.45, 7) is 0.410. The summed E-state index contributed by atoms with van der Waals surface area (Å²) in [6.07, 6.45) is 1.26. The van der Waals surface area contributed by atoms with Gasteiger partial charge in [0.2, 0.25) is 0 Å². The molecule has 1 atom stereocenters. The first-order chi connectivity index (χ1) is 11.0. The number of hydrogen-bond donors (Lipinski definition) is 0. The minimum absolute atomic E-state index is 0.161. The van der Waals surface area contributed by atoms with Gasteiger partial charge in [0.25, 0.3) is 0 Å². The summed E-state index contributed by atoms with van der Waals surface area (Å²) >= 11 is 0.356. The normalized spacial score (nSPS) is 12.4. The summed E-state index contributed by atoms with van der Waals surface area (Å²) in [6, 6.07) is 11.2. The third-order valence-corrected chi connectivity index (χ3v) is 9.97. The summed E-state index contributed by atoms with van der Waals surface area (Å²) in [5.41, 5.74) is 1.76. The number of aryl methyl sites for hydroxylation is 1. The Balaban J connectivity index is 2.10. The van der Waals surface area contributed by atoms with Gasteiger partial charge in [0.05, 0.1) is 0 Å². The van der Waals surface area contributed by atoms with E-state index in [0.717, 1.165) is 15.9 Å². The zero-order valence-electron chi connectivity index (χ0n) is 12.4. The van der Waals surface area contributed by atoms with E-state index in [1.54, 1.807) is 4.57 Å². The fourth-order valence-corrected chi connectivity index (χ4v) is 6.88. The number of nitrogens with zero attached hydrogens (tertiary/aromatic N) is 2. The van der Waals surface area contributed by atoms with Gasteiger partial charge in [-0.15, -0.1) is 0 Å². The fraction of sp³-hybridized carbons (Fsp3) is 0.200. The van der Waals surface area contributed by atoms with Crippen molar-refractivity contribution in [2.24, 2.45) is 0 Å². The van der Waals surface area contributed by atoms with E-state index in [-0.39, 0.29) is 5.56 Å². The molecular weight excluding hydrogens is 395 g/mol. The maximum absolute atomic E-state index is 12.8. The molecule has 0 saturated carbocycles. The molecule has 0 radical (unpaired) electrons. The van der Waals surface area contributed by atoms with Crippen LogP contribution in [0.4, 0.5) is 0 Å². The summed E-state index contributed by atoms with van der Waals surface area (Å²) < 4.78 is 24.4. The van der Waals surface area contributed by atoms with E-state index >= 15 is 0 Å². The molecular formula is C15H15AsN2O3S2. The van der Waals surface area contributed by atoms with Crippen LogP contribution in [0.5, 0.6) is 0 Å². The summed E-state index contributed by atoms with van der Waals surface area (Å²) in [5, 5.41) is 2.43. The van der Waals surface area contributed by atoms with Crippen molar-refractivity contribution in [3.8, 4) is 10.6 Å². The van der Waals surface area contributed by atoms with Crippen LogP contribution in [0.3, 0.4) is 0 Å². The van der Waals surface area contributed by atoms with Crippen molar-refractivity contribution < 1.29 is 8.42 Å². The number of rotatable bonds is 5. The molecule has 3 rings (SSSR count). The zero-order chi connectivity index (χ0) is 16.4. The zero-order valence-corrected chi connectivity index (χ0v) is 16.1. The molecule has 0 aliphatic heterocycles. The van der Waals surface area contributed by atoms with E-state index in [0.29, 0.717) is 17.4 Å². The first-order valence-electron chi connectivity index (χ1n) is 6.94. The Labute approximate surface area is 143 Å². The Morgan fingerprint density at radius 1 is 1.22 bits per heavy atom. The maximum atomic E-state index is 12.8. The molecule has 8 heteroatoms. The van der Waals surface area contributed by atoms with E-state index in [1.165, 1.54) is 17.6 Å². The Kier molecular flexibility index (Phi) is 4.71. The number of thiophene rings is 1. The summed E-state index contributed by atoms with van der Waals surface area (Å²) in [7, 11) is -2.92. The van der Waals surface area contributed by atoms with Crippen molar-refractivity contribution in [1.29, 1.82) is 0 Å². The van der Waals surface area contributed by atoms with Crippen LogP contribution in [-0.4, -0.2) is 38.8 Å². The van der Waals surface area contributed by atoms with Crippen molar-refractivity contribution >= 4 is 45.1 Å². The molecule has 23 heavy (non-hydrogen) atoms. The average molecular weight is 410 g/mol. The van der Waals surface area contributed by atoms with Gasteiger partial charge in [-0.25, -0.2) is 0 Å². The molecule has 1 aromatic carbocycles. The second-order valence-corrected chi connectivity index (χ2v) is 15.4. The standard InChI is InChI=1S/C15H15AsN2O3S2/c1-23(20,21)16-8-9-18-12-6-3-2-5-11(12)17-14(15(18)19)13-7-4-10-22-13/h2-7,10,16H,8-9H2,1H3. The van der Waals surface area contributed by atoms with E-state index in [2.05, 4.69) is 4.98 Å². The number of hydrogen-bond acceptors (Lipinski definition) is 5. The molecule has 2 aromatic heterocycles. The van der Waals surface area contributed by atoms with Crippen LogP contribution in [0.25, 0.3) is 21.6 Å². The molecule has 0 saturated heterocycles. The molecule has 0 spiro atoms. The van der Waals surface area contributed by atoms with Crippen LogP contribution in [0.1, 0.15) is 0 Å². The molecule has 0 aliphatic carbocycles. The minimum atomic E-state index is -2.92. The molecule has 0 N–H and O–H groups in total. The molecule has 120 valence electrons. The summed E-state index contributed by atoms with van der Waals surface area (Å²) in [4.78, 5) is 18.1. The molecule has 3 aromatic rings. The van der Waals surface area contributed by atoms with Crippen molar-refractivity contribution in [2.75, 3.05) is 6.26 Å². The Bertz CT molecular complexity index is 995. The van der Waals surface area contributed by atoms with Crippen LogP contribution < -0.4 is 5.56 Å². The molecule has 0 aliphatic rings. The van der Waals surface area contributed by atoms with Gasteiger partial charge in [0, 0.05) is 0 Å². The van der Waals surface area contributed by atoms with Gasteiger partial charge >= 0.3 is 144 Å². The van der Waals surface area contributed by atoms with Gasteiger partial charge in [0.1, 0.15) is 0 Å². The van der Waals surface area contributed by atoms with Crippen LogP contribution in [0.2, 0.25) is 5.21 Å². The van der Waals surface area contributed by atoms with Crippen molar-refractivity contribution in [3.05, 3.63) is 52.1 Å². The van der Waals surface area contributed by atoms with Crippen LogP contribution in [0, 0.1) is 0 Å². The Hall–Kier alpha value is -1.43. The van der Waals surface area contributed by atoms with Crippen molar-refractivity contribution in [1.82, 2.24) is 9.55 Å². The topological polar surface area (TPSA) is 69.0 Å². The average Bonchev–Trinajstić information content (AvgIpc) is 3.02. The van der Waals surface area contributed by atoms with Gasteiger partial charge in [-0.1, -0.05) is 0 Å². The first kappa shape index (κ1) is 16.4. The summed E-state index contributed by atoms with van der Waals surface area (Å²) in [5.74, 6) is 0. The second kappa shape index (κ2) is 6.59. The molecule has 0 amide bonds. The number of para-hydroxylation sites is 2. The fourth-order valence-electron chi connectivity index (χ4n) is 2.33. The first-order valence-corrected chi connectivity index (χ1v) is 13.8. The Morgan fingerprint density at radius 3 is 2.70 bits per heavy atom. The van der Waals surface area contributed by atoms with Crippen molar-refractivity contribution in [2.45, 2.75) is 11.8 Å². The monoisotopic (exact) mass is 410 g/mol. The third-order valence-electron chi connectivity index (χ3n) is 3.31. The van der Waals surface area contributed by atoms with E-state index in [4.69, 9.17) is 0 Å². The molecule has 2 heterocycles. The van der Waals surface area contributed by atoms with Crippen LogP contribution >= 0.6 is 11.3 Å². The molecule has 1 unspecified atom stereocenters. The predicted molar refractivity (Wildman–Crippen MR) is 96.1 cm³/mol. The molecule has 0 bridgehead atoms. The van der Waals surface area contributed by atoms with Crippen LogP contribution in [0.15, 0.2) is 46.6 Å². The van der Waals surface area contributed by atoms with E-state index in [1.807, 2.05) is 41.8 Å². The second-order valence-electron chi connectivity index (χ2n) is 5.05. The van der Waals surface area contributed by atoms with E-state index in [9.17, 15) is 13.2 Å². The number of benzene rings is 1.